The Balaban J connectivity index is 2.61. The van der Waals surface area contributed by atoms with Gasteiger partial charge in [-0.3, -0.25) is 0 Å². The maximum Gasteiger partial charge on any atom is 0.191 e. The predicted octanol–water partition coefficient (Wildman–Crippen LogP) is 2.77. The van der Waals surface area contributed by atoms with Crippen LogP contribution in [0.4, 0.5) is 11.6 Å². The maximum atomic E-state index is 5.71. The number of hydrogen-bond acceptors (Lipinski definition) is 5. The summed E-state index contributed by atoms with van der Waals surface area (Å²) >= 11 is 1.50. The Bertz CT molecular complexity index is 330. The predicted molar refractivity (Wildman–Crippen MR) is 70.8 cm³/mol. The van der Waals surface area contributed by atoms with E-state index in [1.54, 1.807) is 6.07 Å². The molecule has 0 aromatic carbocycles. The first-order valence-electron chi connectivity index (χ1n) is 5.60. The molecule has 0 fully saturated rings. The van der Waals surface area contributed by atoms with Crippen LogP contribution in [0.1, 0.15) is 33.1 Å². The van der Waals surface area contributed by atoms with Gasteiger partial charge < -0.3 is 11.1 Å². The normalized spacial score (nSPS) is 12.4. The summed E-state index contributed by atoms with van der Waals surface area (Å²) < 4.78 is 0. The van der Waals surface area contributed by atoms with Gasteiger partial charge in [-0.2, -0.15) is 0 Å². The average molecular weight is 240 g/mol. The van der Waals surface area contributed by atoms with Crippen LogP contribution in [0.5, 0.6) is 0 Å². The minimum atomic E-state index is 0.420. The summed E-state index contributed by atoms with van der Waals surface area (Å²) in [4.78, 5) is 8.47. The fraction of sp³-hybridized carbons (Fsp3) is 0.636. The molecule has 5 heteroatoms. The van der Waals surface area contributed by atoms with Gasteiger partial charge in [-0.25, -0.2) is 9.97 Å². The van der Waals surface area contributed by atoms with E-state index in [-0.39, 0.29) is 0 Å². The van der Waals surface area contributed by atoms with Crippen LogP contribution < -0.4 is 11.1 Å². The van der Waals surface area contributed by atoms with Gasteiger partial charge in [0.1, 0.15) is 11.6 Å². The highest BCUT2D eigenvalue weighted by Crippen LogP contribution is 2.16. The van der Waals surface area contributed by atoms with Crippen LogP contribution in [0, 0.1) is 0 Å². The summed E-state index contributed by atoms with van der Waals surface area (Å²) in [7, 11) is 0. The Morgan fingerprint density at radius 1 is 1.50 bits per heavy atom. The number of anilines is 2. The minimum Gasteiger partial charge on any atom is -0.383 e. The van der Waals surface area contributed by atoms with Crippen molar-refractivity contribution in [1.29, 1.82) is 0 Å². The minimum absolute atomic E-state index is 0.420. The fourth-order valence-electron chi connectivity index (χ4n) is 1.44. The van der Waals surface area contributed by atoms with Crippen LogP contribution >= 0.6 is 11.8 Å². The molecule has 4 nitrogen and oxygen atoms in total. The first kappa shape index (κ1) is 13.1. The van der Waals surface area contributed by atoms with E-state index in [0.29, 0.717) is 17.0 Å². The topological polar surface area (TPSA) is 63.8 Å². The monoisotopic (exact) mass is 240 g/mol. The lowest BCUT2D eigenvalue weighted by atomic mass is 10.1. The van der Waals surface area contributed by atoms with Crippen LogP contribution in [0.15, 0.2) is 11.2 Å². The Morgan fingerprint density at radius 2 is 2.25 bits per heavy atom. The third kappa shape index (κ3) is 4.26. The zero-order valence-electron chi connectivity index (χ0n) is 10.2. The van der Waals surface area contributed by atoms with Crippen LogP contribution in [0.3, 0.4) is 0 Å². The highest BCUT2D eigenvalue weighted by molar-refractivity contribution is 7.98. The molecule has 1 unspecified atom stereocenters. The van der Waals surface area contributed by atoms with Crippen LogP contribution in [-0.2, 0) is 0 Å². The standard InChI is InChI=1S/C11H20N4S/c1-4-5-6-8(2)13-10-7-9(12)14-11(15-10)16-3/h7-8H,4-6H2,1-3H3,(H3,12,13,14,15). The summed E-state index contributed by atoms with van der Waals surface area (Å²) in [5.41, 5.74) is 5.71. The molecule has 1 rings (SSSR count). The van der Waals surface area contributed by atoms with Gasteiger partial charge in [0.15, 0.2) is 5.16 Å². The lowest BCUT2D eigenvalue weighted by Crippen LogP contribution is -2.16. The van der Waals surface area contributed by atoms with Crippen molar-refractivity contribution in [1.82, 2.24) is 9.97 Å². The molecule has 16 heavy (non-hydrogen) atoms. The summed E-state index contributed by atoms with van der Waals surface area (Å²) in [6.07, 6.45) is 5.53. The van der Waals surface area contributed by atoms with Gasteiger partial charge in [0.05, 0.1) is 0 Å². The Labute approximate surface area is 101 Å². The van der Waals surface area contributed by atoms with E-state index in [0.717, 1.165) is 12.2 Å². The van der Waals surface area contributed by atoms with Crippen molar-refractivity contribution in [2.45, 2.75) is 44.3 Å². The molecule has 1 heterocycles. The lowest BCUT2D eigenvalue weighted by molar-refractivity contribution is 0.642. The summed E-state index contributed by atoms with van der Waals surface area (Å²) in [6, 6.07) is 2.20. The van der Waals surface area contributed by atoms with E-state index in [1.807, 2.05) is 6.26 Å². The number of thioether (sulfide) groups is 1. The van der Waals surface area contributed by atoms with Crippen molar-refractivity contribution in [3.05, 3.63) is 6.07 Å². The first-order chi connectivity index (χ1) is 7.65. The van der Waals surface area contributed by atoms with Crippen molar-refractivity contribution in [3.8, 4) is 0 Å². The molecule has 1 atom stereocenters. The second-order valence-corrected chi connectivity index (χ2v) is 4.63. The summed E-state index contributed by atoms with van der Waals surface area (Å²) in [5, 5.41) is 4.06. The van der Waals surface area contributed by atoms with Gasteiger partial charge in [-0.1, -0.05) is 31.5 Å². The number of hydrogen-bond donors (Lipinski definition) is 2. The number of nitrogens with zero attached hydrogens (tertiary/aromatic N) is 2. The van der Waals surface area contributed by atoms with Gasteiger partial charge in [0, 0.05) is 12.1 Å². The third-order valence-electron chi connectivity index (χ3n) is 2.29. The van der Waals surface area contributed by atoms with Crippen molar-refractivity contribution < 1.29 is 0 Å². The molecule has 0 aliphatic heterocycles. The number of aromatic nitrogens is 2. The van der Waals surface area contributed by atoms with Gasteiger partial charge >= 0.3 is 0 Å². The van der Waals surface area contributed by atoms with Crippen molar-refractivity contribution in [2.24, 2.45) is 0 Å². The number of unbranched alkanes of at least 4 members (excludes halogenated alkanes) is 1. The molecule has 3 N–H and O–H groups in total. The summed E-state index contributed by atoms with van der Waals surface area (Å²) in [6.45, 7) is 4.36. The molecular formula is C11H20N4S. The third-order valence-corrected chi connectivity index (χ3v) is 2.84. The molecule has 0 amide bonds. The second-order valence-electron chi connectivity index (χ2n) is 3.85. The first-order valence-corrected chi connectivity index (χ1v) is 6.83. The molecule has 90 valence electrons. The Hall–Kier alpha value is -0.970. The molecule has 0 saturated carbocycles. The number of nitrogens with one attached hydrogen (secondary N) is 1. The quantitative estimate of drug-likeness (QED) is 0.591. The van der Waals surface area contributed by atoms with E-state index in [9.17, 15) is 0 Å². The second kappa shape index (κ2) is 6.58. The molecule has 1 aromatic rings. The lowest BCUT2D eigenvalue weighted by Gasteiger charge is -2.14. The Kier molecular flexibility index (Phi) is 5.38. The number of nitrogen functional groups attached to an aromatic ring is 1. The zero-order valence-corrected chi connectivity index (χ0v) is 11.0. The number of nitrogens with two attached hydrogens (primary N) is 1. The SMILES string of the molecule is CCCCC(C)Nc1cc(N)nc(SC)n1. The largest absolute Gasteiger partial charge is 0.383 e. The molecule has 0 aliphatic carbocycles. The van der Waals surface area contributed by atoms with Crippen molar-refractivity contribution in [2.75, 3.05) is 17.3 Å². The van der Waals surface area contributed by atoms with Crippen molar-refractivity contribution in [3.63, 3.8) is 0 Å². The van der Waals surface area contributed by atoms with E-state index in [1.165, 1.54) is 24.6 Å². The van der Waals surface area contributed by atoms with Crippen LogP contribution in [0.2, 0.25) is 0 Å². The van der Waals surface area contributed by atoms with E-state index >= 15 is 0 Å². The highest BCUT2D eigenvalue weighted by atomic mass is 32.2. The van der Waals surface area contributed by atoms with E-state index < -0.39 is 0 Å². The number of rotatable bonds is 6. The van der Waals surface area contributed by atoms with E-state index in [2.05, 4.69) is 29.1 Å². The maximum absolute atomic E-state index is 5.71. The highest BCUT2D eigenvalue weighted by Gasteiger charge is 2.05. The average Bonchev–Trinajstić information content (AvgIpc) is 2.25. The van der Waals surface area contributed by atoms with Crippen LogP contribution in [-0.4, -0.2) is 22.3 Å². The smallest absolute Gasteiger partial charge is 0.191 e. The summed E-state index contributed by atoms with van der Waals surface area (Å²) in [5.74, 6) is 1.34. The molecule has 0 radical (unpaired) electrons. The van der Waals surface area contributed by atoms with Crippen molar-refractivity contribution >= 4 is 23.4 Å². The molecular weight excluding hydrogens is 220 g/mol. The Morgan fingerprint density at radius 3 is 2.88 bits per heavy atom. The van der Waals surface area contributed by atoms with Gasteiger partial charge in [0.25, 0.3) is 0 Å². The van der Waals surface area contributed by atoms with Gasteiger partial charge in [-0.05, 0) is 19.6 Å². The van der Waals surface area contributed by atoms with E-state index in [4.69, 9.17) is 5.73 Å². The fourth-order valence-corrected chi connectivity index (χ4v) is 1.83. The van der Waals surface area contributed by atoms with Gasteiger partial charge in [-0.15, -0.1) is 0 Å². The zero-order chi connectivity index (χ0) is 12.0. The molecule has 0 aliphatic rings. The molecule has 0 spiro atoms. The molecule has 1 aromatic heterocycles. The van der Waals surface area contributed by atoms with Gasteiger partial charge in [0.2, 0.25) is 0 Å². The molecule has 0 bridgehead atoms. The molecule has 0 saturated heterocycles. The van der Waals surface area contributed by atoms with Crippen LogP contribution in [0.25, 0.3) is 0 Å².